The highest BCUT2D eigenvalue weighted by atomic mass is 32.2. The van der Waals surface area contributed by atoms with Gasteiger partial charge in [-0.2, -0.15) is 0 Å². The van der Waals surface area contributed by atoms with Gasteiger partial charge in [-0.25, -0.2) is 27.6 Å². The molecule has 0 aliphatic carbocycles. The maximum atomic E-state index is 13.7. The van der Waals surface area contributed by atoms with E-state index in [9.17, 15) is 8.42 Å². The van der Waals surface area contributed by atoms with Crippen molar-refractivity contribution < 1.29 is 62.2 Å². The van der Waals surface area contributed by atoms with Gasteiger partial charge in [0.1, 0.15) is 10.8 Å². The third kappa shape index (κ3) is 11.7. The first kappa shape index (κ1) is 42.6. The van der Waals surface area contributed by atoms with Gasteiger partial charge < -0.3 is 44.1 Å². The summed E-state index contributed by atoms with van der Waals surface area (Å²) in [7, 11) is 3.49. The Kier molecular flexibility index (Phi) is 16.1. The summed E-state index contributed by atoms with van der Waals surface area (Å²) in [5, 5.41) is 30.9. The van der Waals surface area contributed by atoms with Gasteiger partial charge in [0.05, 0.1) is 25.7 Å². The predicted molar refractivity (Wildman–Crippen MR) is 190 cm³/mol. The lowest BCUT2D eigenvalue weighted by molar-refractivity contribution is -0.159. The van der Waals surface area contributed by atoms with Crippen LogP contribution in [0.4, 0.5) is 0 Å². The molecule has 4 N–H and O–H groups in total. The smallest absolute Gasteiger partial charge is 0.414 e. The van der Waals surface area contributed by atoms with E-state index in [0.717, 1.165) is 53.9 Å². The molecule has 0 amide bonds. The van der Waals surface area contributed by atoms with E-state index in [1.165, 1.54) is 5.56 Å². The number of rotatable bonds is 13. The normalized spacial score (nSPS) is 10.8. The molecule has 1 heterocycles. The number of benzene rings is 3. The van der Waals surface area contributed by atoms with Crippen LogP contribution in [0.1, 0.15) is 37.3 Å². The van der Waals surface area contributed by atoms with Crippen molar-refractivity contribution in [1.29, 1.82) is 0 Å². The summed E-state index contributed by atoms with van der Waals surface area (Å²) in [6, 6.07) is 20.6. The average molecular weight is 745 g/mol. The summed E-state index contributed by atoms with van der Waals surface area (Å²) < 4.78 is 45.9. The SMILES string of the molecule is COc1ccc(CCN(C)CCCOc2ccc(S(=O)(=O)c3c(C(C)C)c4ccccc4n3C)cc2)cc1OC.O=C(O)C(=O)O.O=C(O)C(=O)O. The number of sulfone groups is 1. The molecular formula is C36H44N2O13S. The molecule has 0 saturated carbocycles. The van der Waals surface area contributed by atoms with Crippen molar-refractivity contribution in [1.82, 2.24) is 9.47 Å². The molecule has 0 bridgehead atoms. The lowest BCUT2D eigenvalue weighted by atomic mass is 10.0. The van der Waals surface area contributed by atoms with Crippen molar-refractivity contribution in [3.63, 3.8) is 0 Å². The van der Waals surface area contributed by atoms with Crippen LogP contribution in [-0.4, -0.2) is 103 Å². The first-order chi connectivity index (χ1) is 24.5. The summed E-state index contributed by atoms with van der Waals surface area (Å²) in [5.74, 6) is -5.10. The second-order valence-electron chi connectivity index (χ2n) is 11.6. The molecule has 4 rings (SSSR count). The largest absolute Gasteiger partial charge is 0.494 e. The highest BCUT2D eigenvalue weighted by molar-refractivity contribution is 7.91. The molecule has 0 aliphatic rings. The first-order valence-electron chi connectivity index (χ1n) is 15.8. The van der Waals surface area contributed by atoms with E-state index in [1.54, 1.807) is 43.1 Å². The molecule has 3 aromatic carbocycles. The maximum absolute atomic E-state index is 13.7. The second-order valence-corrected chi connectivity index (χ2v) is 13.5. The average Bonchev–Trinajstić information content (AvgIpc) is 3.42. The predicted octanol–water partition coefficient (Wildman–Crippen LogP) is 4.41. The lowest BCUT2D eigenvalue weighted by Gasteiger charge is -2.17. The highest BCUT2D eigenvalue weighted by Gasteiger charge is 2.29. The van der Waals surface area contributed by atoms with Crippen molar-refractivity contribution >= 4 is 44.6 Å². The van der Waals surface area contributed by atoms with Crippen LogP contribution in [0.15, 0.2) is 76.7 Å². The molecule has 0 atom stereocenters. The fraction of sp³-hybridized carbons (Fsp3) is 0.333. The van der Waals surface area contributed by atoms with E-state index in [2.05, 4.69) is 18.0 Å². The van der Waals surface area contributed by atoms with Crippen LogP contribution in [0, 0.1) is 0 Å². The maximum Gasteiger partial charge on any atom is 0.414 e. The molecule has 0 unspecified atom stereocenters. The Labute approximate surface area is 301 Å². The Morgan fingerprint density at radius 2 is 1.35 bits per heavy atom. The van der Waals surface area contributed by atoms with Crippen LogP contribution in [0.2, 0.25) is 0 Å². The number of aromatic nitrogens is 1. The second kappa shape index (κ2) is 19.7. The number of nitrogens with zero attached hydrogens (tertiary/aromatic N) is 2. The third-order valence-electron chi connectivity index (χ3n) is 7.61. The van der Waals surface area contributed by atoms with E-state index in [1.807, 2.05) is 57.3 Å². The van der Waals surface area contributed by atoms with Gasteiger partial charge in [0, 0.05) is 31.0 Å². The molecule has 16 heteroatoms. The summed E-state index contributed by atoms with van der Waals surface area (Å²) in [5.41, 5.74) is 2.96. The van der Waals surface area contributed by atoms with Gasteiger partial charge >= 0.3 is 23.9 Å². The van der Waals surface area contributed by atoms with Crippen LogP contribution < -0.4 is 14.2 Å². The number of fused-ring (bicyclic) bond motifs is 1. The zero-order chi connectivity index (χ0) is 39.2. The Balaban J connectivity index is 0.000000671. The molecule has 52 heavy (non-hydrogen) atoms. The minimum Gasteiger partial charge on any atom is -0.494 e. The number of para-hydroxylation sites is 1. The standard InChI is InChI=1S/C32H40N2O5S.2C2H2O4/c1-23(2)31-27-10-7-8-11-28(27)34(4)32(31)40(35,36)26-15-13-25(14-16-26)39-21-9-19-33(3)20-18-24-12-17-29(37-5)30(22-24)38-6;2*3-1(4)2(5)6/h7-8,10-17,22-23H,9,18-21H2,1-6H3;2*(H,3,4)(H,5,6). The van der Waals surface area contributed by atoms with Crippen molar-refractivity contribution in [2.75, 3.05) is 41.0 Å². The van der Waals surface area contributed by atoms with Gasteiger partial charge in [0.2, 0.25) is 9.84 Å². The van der Waals surface area contributed by atoms with Crippen LogP contribution in [0.5, 0.6) is 17.2 Å². The Morgan fingerprint density at radius 1 is 0.788 bits per heavy atom. The first-order valence-corrected chi connectivity index (χ1v) is 17.3. The minimum atomic E-state index is -3.71. The van der Waals surface area contributed by atoms with Gasteiger partial charge in [-0.05, 0) is 79.4 Å². The molecule has 1 aromatic heterocycles. The van der Waals surface area contributed by atoms with Gasteiger partial charge in [0.15, 0.2) is 11.5 Å². The number of carbonyl (C=O) groups is 4. The van der Waals surface area contributed by atoms with Crippen LogP contribution in [0.25, 0.3) is 10.9 Å². The van der Waals surface area contributed by atoms with Gasteiger partial charge in [-0.15, -0.1) is 0 Å². The molecule has 4 aromatic rings. The number of likely N-dealkylation sites (N-methyl/N-ethyl adjacent to an activating group) is 1. The summed E-state index contributed by atoms with van der Waals surface area (Å²) in [6.45, 7) is 6.41. The number of aliphatic carboxylic acids is 4. The Morgan fingerprint density at radius 3 is 1.87 bits per heavy atom. The molecule has 0 spiro atoms. The Hall–Kier alpha value is -5.61. The molecular weight excluding hydrogens is 700 g/mol. The zero-order valence-corrected chi connectivity index (χ0v) is 30.5. The molecule has 0 fully saturated rings. The Bertz CT molecular complexity index is 1900. The quantitative estimate of drug-likeness (QED) is 0.110. The van der Waals surface area contributed by atoms with Crippen molar-refractivity contribution in [2.24, 2.45) is 7.05 Å². The number of ether oxygens (including phenoxy) is 3. The minimum absolute atomic E-state index is 0.0654. The summed E-state index contributed by atoms with van der Waals surface area (Å²) in [6.07, 6.45) is 1.76. The van der Waals surface area contributed by atoms with Crippen molar-refractivity contribution in [3.05, 3.63) is 77.9 Å². The molecule has 0 aliphatic heterocycles. The fourth-order valence-corrected chi connectivity index (χ4v) is 6.91. The number of hydrogen-bond donors (Lipinski definition) is 4. The van der Waals surface area contributed by atoms with Crippen LogP contribution in [0.3, 0.4) is 0 Å². The number of carboxylic acids is 4. The van der Waals surface area contributed by atoms with Gasteiger partial charge in [-0.1, -0.05) is 38.1 Å². The summed E-state index contributed by atoms with van der Waals surface area (Å²) in [4.78, 5) is 38.9. The van der Waals surface area contributed by atoms with E-state index in [-0.39, 0.29) is 10.8 Å². The van der Waals surface area contributed by atoms with E-state index in [0.29, 0.717) is 17.4 Å². The molecule has 282 valence electrons. The lowest BCUT2D eigenvalue weighted by Crippen LogP contribution is -2.23. The topological polar surface area (TPSA) is 219 Å². The number of methoxy groups -OCH3 is 2. The summed E-state index contributed by atoms with van der Waals surface area (Å²) >= 11 is 0. The van der Waals surface area contributed by atoms with Crippen molar-refractivity contribution in [3.8, 4) is 17.2 Å². The zero-order valence-electron chi connectivity index (χ0n) is 29.7. The van der Waals surface area contributed by atoms with Crippen molar-refractivity contribution in [2.45, 2.75) is 42.5 Å². The number of carboxylic acid groups (broad SMARTS) is 4. The fourth-order valence-electron chi connectivity index (χ4n) is 5.10. The highest BCUT2D eigenvalue weighted by Crippen LogP contribution is 2.37. The number of hydrogen-bond acceptors (Lipinski definition) is 10. The van der Waals surface area contributed by atoms with E-state index >= 15 is 0 Å². The molecule has 0 saturated heterocycles. The van der Waals surface area contributed by atoms with Crippen LogP contribution >= 0.6 is 0 Å². The third-order valence-corrected chi connectivity index (χ3v) is 9.50. The van der Waals surface area contributed by atoms with Gasteiger partial charge in [-0.3, -0.25) is 0 Å². The molecule has 15 nitrogen and oxygen atoms in total. The van der Waals surface area contributed by atoms with E-state index in [4.69, 9.17) is 53.8 Å². The number of aryl methyl sites for hydroxylation is 1. The van der Waals surface area contributed by atoms with Crippen LogP contribution in [-0.2, 0) is 42.5 Å². The molecule has 0 radical (unpaired) electrons. The van der Waals surface area contributed by atoms with E-state index < -0.39 is 33.7 Å². The van der Waals surface area contributed by atoms with Gasteiger partial charge in [0.25, 0.3) is 0 Å². The monoisotopic (exact) mass is 744 g/mol.